The first-order valence-corrected chi connectivity index (χ1v) is 11.0. The lowest BCUT2D eigenvalue weighted by Gasteiger charge is -2.34. The van der Waals surface area contributed by atoms with Crippen molar-refractivity contribution in [1.29, 1.82) is 0 Å². The van der Waals surface area contributed by atoms with Gasteiger partial charge in [-0.25, -0.2) is 0 Å². The van der Waals surface area contributed by atoms with Crippen LogP contribution in [0.1, 0.15) is 40.0 Å². The quantitative estimate of drug-likeness (QED) is 0.691. The van der Waals surface area contributed by atoms with Gasteiger partial charge in [-0.2, -0.15) is 17.0 Å². The van der Waals surface area contributed by atoms with Crippen LogP contribution in [0.4, 0.5) is 0 Å². The van der Waals surface area contributed by atoms with Crippen molar-refractivity contribution in [2.24, 2.45) is 5.92 Å². The minimum Gasteiger partial charge on any atom is -0.342 e. The summed E-state index contributed by atoms with van der Waals surface area (Å²) in [7, 11) is -3.37. The molecule has 0 aromatic carbocycles. The third-order valence-electron chi connectivity index (χ3n) is 5.29. The maximum absolute atomic E-state index is 12.9. The summed E-state index contributed by atoms with van der Waals surface area (Å²) in [6.07, 6.45) is 2.82. The highest BCUT2D eigenvalue weighted by Crippen LogP contribution is 2.21. The maximum Gasteiger partial charge on any atom is 0.282 e. The number of carbonyl (C=O) groups excluding carboxylic acids is 1. The van der Waals surface area contributed by atoms with Crippen LogP contribution in [0, 0.1) is 5.92 Å². The number of carbonyl (C=O) groups is 1. The third-order valence-corrected chi connectivity index (χ3v) is 7.30. The summed E-state index contributed by atoms with van der Waals surface area (Å²) in [5.74, 6) is 0.560. The van der Waals surface area contributed by atoms with Crippen LogP contribution in [-0.4, -0.2) is 91.6 Å². The van der Waals surface area contributed by atoms with Crippen LogP contribution in [0.15, 0.2) is 0 Å². The molecule has 2 saturated heterocycles. The molecule has 2 aliphatic rings. The van der Waals surface area contributed by atoms with E-state index in [1.165, 1.54) is 0 Å². The molecule has 7 nitrogen and oxygen atoms in total. The van der Waals surface area contributed by atoms with Crippen molar-refractivity contribution in [2.45, 2.75) is 40.0 Å². The minimum absolute atomic E-state index is 0.131. The van der Waals surface area contributed by atoms with Gasteiger partial charge in [0.05, 0.1) is 6.54 Å². The molecule has 1 atom stereocenters. The zero-order valence-corrected chi connectivity index (χ0v) is 16.8. The number of amides is 1. The van der Waals surface area contributed by atoms with Gasteiger partial charge in [0.2, 0.25) is 5.91 Å². The van der Waals surface area contributed by atoms with Gasteiger partial charge in [0, 0.05) is 45.8 Å². The van der Waals surface area contributed by atoms with E-state index < -0.39 is 10.2 Å². The van der Waals surface area contributed by atoms with Gasteiger partial charge < -0.3 is 4.90 Å². The molecule has 0 saturated carbocycles. The van der Waals surface area contributed by atoms with Crippen molar-refractivity contribution in [1.82, 2.24) is 18.4 Å². The Morgan fingerprint density at radius 1 is 1.00 bits per heavy atom. The molecule has 25 heavy (non-hydrogen) atoms. The van der Waals surface area contributed by atoms with Crippen molar-refractivity contribution >= 4 is 16.1 Å². The highest BCUT2D eigenvalue weighted by Gasteiger charge is 2.33. The van der Waals surface area contributed by atoms with Crippen LogP contribution in [-0.2, 0) is 15.0 Å². The Morgan fingerprint density at radius 3 is 2.32 bits per heavy atom. The molecule has 0 spiro atoms. The van der Waals surface area contributed by atoms with E-state index >= 15 is 0 Å². The summed E-state index contributed by atoms with van der Waals surface area (Å²) >= 11 is 0. The Labute approximate surface area is 153 Å². The Kier molecular flexibility index (Phi) is 7.67. The monoisotopic (exact) mass is 374 g/mol. The molecule has 146 valence electrons. The Morgan fingerprint density at radius 2 is 1.68 bits per heavy atom. The third kappa shape index (κ3) is 5.39. The van der Waals surface area contributed by atoms with Gasteiger partial charge in [-0.15, -0.1) is 0 Å². The van der Waals surface area contributed by atoms with E-state index in [2.05, 4.69) is 11.8 Å². The van der Waals surface area contributed by atoms with Crippen molar-refractivity contribution < 1.29 is 13.2 Å². The summed E-state index contributed by atoms with van der Waals surface area (Å²) in [5, 5.41) is 0. The largest absolute Gasteiger partial charge is 0.342 e. The molecular formula is C17H34N4O3S. The Balaban J connectivity index is 1.93. The molecule has 0 aliphatic carbocycles. The number of piperidine rings is 1. The van der Waals surface area contributed by atoms with Crippen LogP contribution in [0.5, 0.6) is 0 Å². The molecule has 0 aromatic rings. The molecule has 1 unspecified atom stereocenters. The van der Waals surface area contributed by atoms with Crippen molar-refractivity contribution in [3.63, 3.8) is 0 Å². The lowest BCUT2D eigenvalue weighted by atomic mass is 10.0. The average Bonchev–Trinajstić information content (AvgIpc) is 2.82. The molecule has 2 rings (SSSR count). The summed E-state index contributed by atoms with van der Waals surface area (Å²) < 4.78 is 29.1. The predicted octanol–water partition coefficient (Wildman–Crippen LogP) is 0.839. The number of hydrogen-bond donors (Lipinski definition) is 0. The molecular weight excluding hydrogens is 340 g/mol. The van der Waals surface area contributed by atoms with Gasteiger partial charge in [-0.05, 0) is 45.6 Å². The second-order valence-electron chi connectivity index (χ2n) is 7.21. The zero-order valence-electron chi connectivity index (χ0n) is 16.0. The van der Waals surface area contributed by atoms with Gasteiger partial charge in [0.15, 0.2) is 0 Å². The smallest absolute Gasteiger partial charge is 0.282 e. The molecule has 0 aromatic heterocycles. The zero-order chi connectivity index (χ0) is 18.4. The molecule has 0 radical (unpaired) electrons. The van der Waals surface area contributed by atoms with Crippen molar-refractivity contribution in [3.8, 4) is 0 Å². The second kappa shape index (κ2) is 9.30. The van der Waals surface area contributed by atoms with Crippen molar-refractivity contribution in [2.75, 3.05) is 58.9 Å². The summed E-state index contributed by atoms with van der Waals surface area (Å²) in [5.41, 5.74) is 0. The molecule has 2 fully saturated rings. The fourth-order valence-electron chi connectivity index (χ4n) is 3.72. The minimum atomic E-state index is -3.37. The Hall–Kier alpha value is -0.700. The fraction of sp³-hybridized carbons (Fsp3) is 0.941. The number of rotatable bonds is 6. The number of nitrogens with zero attached hydrogens (tertiary/aromatic N) is 4. The van der Waals surface area contributed by atoms with E-state index in [4.69, 9.17) is 0 Å². The van der Waals surface area contributed by atoms with Gasteiger partial charge in [0.1, 0.15) is 0 Å². The molecule has 0 bridgehead atoms. The van der Waals surface area contributed by atoms with Gasteiger partial charge in [-0.3, -0.25) is 9.69 Å². The topological polar surface area (TPSA) is 64.2 Å². The van der Waals surface area contributed by atoms with E-state index in [-0.39, 0.29) is 5.91 Å². The van der Waals surface area contributed by atoms with E-state index in [0.717, 1.165) is 38.9 Å². The lowest BCUT2D eigenvalue weighted by molar-refractivity contribution is -0.132. The van der Waals surface area contributed by atoms with Crippen LogP contribution < -0.4 is 0 Å². The van der Waals surface area contributed by atoms with Crippen LogP contribution in [0.2, 0.25) is 0 Å². The first kappa shape index (κ1) is 20.6. The molecule has 8 heteroatoms. The molecule has 2 aliphatic heterocycles. The standard InChI is InChI=1S/C17H34N4O3S/c1-4-19(5-2)17(22)15-18-9-7-11-20(13-12-18)25(23,24)21-10-6-8-16(3)14-21/h16H,4-15H2,1-3H3. The SMILES string of the molecule is CCN(CC)C(=O)CN1CCCN(S(=O)(=O)N2CCCC(C)C2)CC1. The second-order valence-corrected chi connectivity index (χ2v) is 9.14. The van der Waals surface area contributed by atoms with E-state index in [1.807, 2.05) is 18.7 Å². The predicted molar refractivity (Wildman–Crippen MR) is 99.4 cm³/mol. The highest BCUT2D eigenvalue weighted by molar-refractivity contribution is 7.86. The van der Waals surface area contributed by atoms with Gasteiger partial charge in [0.25, 0.3) is 10.2 Å². The normalized spacial score (nSPS) is 24.8. The lowest BCUT2D eigenvalue weighted by Crippen LogP contribution is -2.48. The van der Waals surface area contributed by atoms with E-state index in [9.17, 15) is 13.2 Å². The number of likely N-dealkylation sites (N-methyl/N-ethyl adjacent to an activating group) is 1. The van der Waals surface area contributed by atoms with Gasteiger partial charge in [-0.1, -0.05) is 6.92 Å². The summed E-state index contributed by atoms with van der Waals surface area (Å²) in [4.78, 5) is 16.2. The van der Waals surface area contributed by atoms with Crippen LogP contribution in [0.25, 0.3) is 0 Å². The fourth-order valence-corrected chi connectivity index (χ4v) is 5.52. The van der Waals surface area contributed by atoms with Gasteiger partial charge >= 0.3 is 0 Å². The average molecular weight is 375 g/mol. The summed E-state index contributed by atoms with van der Waals surface area (Å²) in [6, 6.07) is 0. The first-order valence-electron chi connectivity index (χ1n) is 9.63. The molecule has 1 amide bonds. The maximum atomic E-state index is 12.9. The van der Waals surface area contributed by atoms with E-state index in [0.29, 0.717) is 45.2 Å². The van der Waals surface area contributed by atoms with Crippen LogP contribution in [0.3, 0.4) is 0 Å². The molecule has 2 heterocycles. The highest BCUT2D eigenvalue weighted by atomic mass is 32.2. The van der Waals surface area contributed by atoms with Crippen LogP contribution >= 0.6 is 0 Å². The number of hydrogen-bond acceptors (Lipinski definition) is 4. The molecule has 0 N–H and O–H groups in total. The van der Waals surface area contributed by atoms with Crippen molar-refractivity contribution in [3.05, 3.63) is 0 Å². The summed E-state index contributed by atoms with van der Waals surface area (Å²) in [6.45, 7) is 11.6. The Bertz CT molecular complexity index is 536. The first-order chi connectivity index (χ1) is 11.9. The van der Waals surface area contributed by atoms with E-state index in [1.54, 1.807) is 8.61 Å².